The number of nitrogens with one attached hydrogen (secondary N) is 1. The molecule has 0 radical (unpaired) electrons. The molecule has 0 unspecified atom stereocenters. The van der Waals surface area contributed by atoms with Crippen LogP contribution in [0.5, 0.6) is 5.75 Å². The van der Waals surface area contributed by atoms with Crippen molar-refractivity contribution in [2.75, 3.05) is 19.8 Å². The van der Waals surface area contributed by atoms with Crippen LogP contribution in [0.4, 0.5) is 0 Å². The van der Waals surface area contributed by atoms with Gasteiger partial charge in [-0.2, -0.15) is 0 Å². The van der Waals surface area contributed by atoms with E-state index in [0.29, 0.717) is 28.6 Å². The third-order valence-electron chi connectivity index (χ3n) is 2.80. The molecule has 0 spiro atoms. The number of halogens is 1. The van der Waals surface area contributed by atoms with Gasteiger partial charge in [0, 0.05) is 6.54 Å². The first-order valence-electron chi connectivity index (χ1n) is 7.01. The van der Waals surface area contributed by atoms with E-state index in [4.69, 9.17) is 21.1 Å². The monoisotopic (exact) mass is 353 g/mol. The van der Waals surface area contributed by atoms with Crippen molar-refractivity contribution in [3.8, 4) is 5.75 Å². The molecule has 0 aliphatic carbocycles. The Bertz CT molecular complexity index is 645. The van der Waals surface area contributed by atoms with Gasteiger partial charge in [-0.1, -0.05) is 29.8 Å². The fraction of sp³-hybridized carbons (Fsp3) is 0.250. The van der Waals surface area contributed by atoms with Gasteiger partial charge >= 0.3 is 5.97 Å². The van der Waals surface area contributed by atoms with E-state index in [0.717, 1.165) is 0 Å². The van der Waals surface area contributed by atoms with E-state index in [9.17, 15) is 9.59 Å². The summed E-state index contributed by atoms with van der Waals surface area (Å²) < 4.78 is 10.3. The molecule has 0 fully saturated rings. The lowest BCUT2D eigenvalue weighted by Crippen LogP contribution is -2.25. The molecule has 0 bridgehead atoms. The first-order chi connectivity index (χ1) is 11.2. The van der Waals surface area contributed by atoms with Crippen LogP contribution >= 0.6 is 22.9 Å². The normalized spacial score (nSPS) is 10.1. The van der Waals surface area contributed by atoms with Crippen molar-refractivity contribution in [1.82, 2.24) is 5.32 Å². The highest BCUT2D eigenvalue weighted by molar-refractivity contribution is 7.12. The Hall–Kier alpha value is -2.05. The number of carbonyl (C=O) groups excluding carboxylic acids is 2. The molecule has 2 rings (SSSR count). The second-order valence-electron chi connectivity index (χ2n) is 4.53. The maximum Gasteiger partial charge on any atom is 0.344 e. The topological polar surface area (TPSA) is 64.6 Å². The first-order valence-corrected chi connectivity index (χ1v) is 8.27. The molecular weight excluding hydrogens is 338 g/mol. The van der Waals surface area contributed by atoms with Crippen LogP contribution in [0.1, 0.15) is 16.1 Å². The summed E-state index contributed by atoms with van der Waals surface area (Å²) in [4.78, 5) is 23.9. The fourth-order valence-electron chi connectivity index (χ4n) is 1.70. The third kappa shape index (κ3) is 5.92. The predicted octanol–water partition coefficient (Wildman–Crippen LogP) is 3.14. The molecule has 7 heteroatoms. The van der Waals surface area contributed by atoms with Gasteiger partial charge in [-0.05, 0) is 30.0 Å². The van der Waals surface area contributed by atoms with Crippen molar-refractivity contribution in [1.29, 1.82) is 0 Å². The zero-order valence-corrected chi connectivity index (χ0v) is 13.9. The Kier molecular flexibility index (Phi) is 6.90. The van der Waals surface area contributed by atoms with Crippen LogP contribution in [0.15, 0.2) is 41.8 Å². The molecular formula is C16H16ClNO4S. The van der Waals surface area contributed by atoms with Gasteiger partial charge in [0.05, 0.1) is 16.5 Å². The maximum atomic E-state index is 11.7. The SMILES string of the molecule is O=C(COc1ccccc1Cl)OCCCNC(=O)c1cccs1. The second-order valence-corrected chi connectivity index (χ2v) is 5.88. The van der Waals surface area contributed by atoms with E-state index in [-0.39, 0.29) is 19.1 Å². The van der Waals surface area contributed by atoms with E-state index < -0.39 is 5.97 Å². The van der Waals surface area contributed by atoms with Crippen molar-refractivity contribution in [2.45, 2.75) is 6.42 Å². The number of para-hydroxylation sites is 1. The molecule has 0 saturated heterocycles. The molecule has 0 atom stereocenters. The third-order valence-corrected chi connectivity index (χ3v) is 3.98. The Balaban J connectivity index is 1.56. The number of amides is 1. The highest BCUT2D eigenvalue weighted by atomic mass is 35.5. The largest absolute Gasteiger partial charge is 0.480 e. The van der Waals surface area contributed by atoms with Gasteiger partial charge in [0.25, 0.3) is 5.91 Å². The molecule has 2 aromatic rings. The van der Waals surface area contributed by atoms with Gasteiger partial charge in [0.15, 0.2) is 6.61 Å². The maximum absolute atomic E-state index is 11.7. The van der Waals surface area contributed by atoms with E-state index in [1.165, 1.54) is 11.3 Å². The summed E-state index contributed by atoms with van der Waals surface area (Å²) in [5.74, 6) is -0.155. The van der Waals surface area contributed by atoms with Gasteiger partial charge in [-0.15, -0.1) is 11.3 Å². The number of hydrogen-bond donors (Lipinski definition) is 1. The minimum atomic E-state index is -0.477. The van der Waals surface area contributed by atoms with Crippen LogP contribution < -0.4 is 10.1 Å². The Morgan fingerprint density at radius 3 is 2.74 bits per heavy atom. The van der Waals surface area contributed by atoms with Crippen LogP contribution in [0, 0.1) is 0 Å². The zero-order chi connectivity index (χ0) is 16.5. The quantitative estimate of drug-likeness (QED) is 0.585. The molecule has 1 heterocycles. The van der Waals surface area contributed by atoms with Crippen LogP contribution in [0.25, 0.3) is 0 Å². The molecule has 0 aliphatic rings. The van der Waals surface area contributed by atoms with Gasteiger partial charge in [-0.3, -0.25) is 4.79 Å². The van der Waals surface area contributed by atoms with E-state index in [1.54, 1.807) is 30.3 Å². The molecule has 5 nitrogen and oxygen atoms in total. The van der Waals surface area contributed by atoms with Crippen LogP contribution in [0.3, 0.4) is 0 Å². The van der Waals surface area contributed by atoms with Crippen molar-refractivity contribution in [3.05, 3.63) is 51.7 Å². The lowest BCUT2D eigenvalue weighted by Gasteiger charge is -2.08. The smallest absolute Gasteiger partial charge is 0.344 e. The number of ether oxygens (including phenoxy) is 2. The first kappa shape index (κ1) is 17.3. The molecule has 23 heavy (non-hydrogen) atoms. The summed E-state index contributed by atoms with van der Waals surface area (Å²) in [5, 5.41) is 5.04. The summed E-state index contributed by atoms with van der Waals surface area (Å²) in [7, 11) is 0. The average molecular weight is 354 g/mol. The molecule has 122 valence electrons. The number of benzene rings is 1. The summed E-state index contributed by atoms with van der Waals surface area (Å²) in [5.41, 5.74) is 0. The van der Waals surface area contributed by atoms with Gasteiger partial charge < -0.3 is 14.8 Å². The zero-order valence-electron chi connectivity index (χ0n) is 12.3. The average Bonchev–Trinajstić information content (AvgIpc) is 3.08. The highest BCUT2D eigenvalue weighted by Gasteiger charge is 2.07. The van der Waals surface area contributed by atoms with E-state index in [1.807, 2.05) is 11.4 Å². The summed E-state index contributed by atoms with van der Waals surface area (Å²) >= 11 is 7.29. The molecule has 1 aromatic heterocycles. The minimum absolute atomic E-state index is 0.117. The Morgan fingerprint density at radius 1 is 1.17 bits per heavy atom. The lowest BCUT2D eigenvalue weighted by molar-refractivity contribution is -0.146. The highest BCUT2D eigenvalue weighted by Crippen LogP contribution is 2.22. The van der Waals surface area contributed by atoms with Crippen LogP contribution in [-0.2, 0) is 9.53 Å². The fourth-order valence-corrected chi connectivity index (χ4v) is 2.53. The molecule has 1 aromatic carbocycles. The number of hydrogen-bond acceptors (Lipinski definition) is 5. The van der Waals surface area contributed by atoms with Gasteiger partial charge in [-0.25, -0.2) is 4.79 Å². The number of esters is 1. The molecule has 0 aliphatic heterocycles. The van der Waals surface area contributed by atoms with E-state index >= 15 is 0 Å². The molecule has 1 amide bonds. The standard InChI is InChI=1S/C16H16ClNO4S/c17-12-5-1-2-6-13(12)22-11-15(19)21-9-4-8-18-16(20)14-7-3-10-23-14/h1-3,5-7,10H,4,8-9,11H2,(H,18,20). The van der Waals surface area contributed by atoms with Gasteiger partial charge in [0.2, 0.25) is 0 Å². The molecule has 0 saturated carbocycles. The van der Waals surface area contributed by atoms with Crippen LogP contribution in [-0.4, -0.2) is 31.6 Å². The molecule has 1 N–H and O–H groups in total. The van der Waals surface area contributed by atoms with E-state index in [2.05, 4.69) is 5.32 Å². The van der Waals surface area contributed by atoms with Crippen LogP contribution in [0.2, 0.25) is 5.02 Å². The summed E-state index contributed by atoms with van der Waals surface area (Å²) in [6.45, 7) is 0.454. The number of carbonyl (C=O) groups is 2. The predicted molar refractivity (Wildman–Crippen MR) is 89.2 cm³/mol. The second kappa shape index (κ2) is 9.17. The van der Waals surface area contributed by atoms with Gasteiger partial charge in [0.1, 0.15) is 5.75 Å². The number of rotatable bonds is 8. The number of thiophene rings is 1. The minimum Gasteiger partial charge on any atom is -0.480 e. The lowest BCUT2D eigenvalue weighted by atomic mass is 10.3. The Morgan fingerprint density at radius 2 is 2.00 bits per heavy atom. The van der Waals surface area contributed by atoms with Crippen molar-refractivity contribution >= 4 is 34.8 Å². The van der Waals surface area contributed by atoms with Crippen molar-refractivity contribution in [3.63, 3.8) is 0 Å². The van der Waals surface area contributed by atoms with Crippen molar-refractivity contribution in [2.24, 2.45) is 0 Å². The van der Waals surface area contributed by atoms with Crippen molar-refractivity contribution < 1.29 is 19.1 Å². The Labute approximate surface area is 143 Å². The summed E-state index contributed by atoms with van der Waals surface area (Å²) in [6.07, 6.45) is 0.537. The summed E-state index contributed by atoms with van der Waals surface area (Å²) in [6, 6.07) is 10.5.